The summed E-state index contributed by atoms with van der Waals surface area (Å²) in [5.74, 6) is -1.57. The summed E-state index contributed by atoms with van der Waals surface area (Å²) in [6.45, 7) is 0.108. The van der Waals surface area contributed by atoms with Gasteiger partial charge in [-0.3, -0.25) is 9.78 Å². The molecular formula is C9H12FN3O3S. The van der Waals surface area contributed by atoms with Crippen molar-refractivity contribution >= 4 is 15.9 Å². The van der Waals surface area contributed by atoms with Crippen molar-refractivity contribution in [2.75, 3.05) is 12.3 Å². The highest BCUT2D eigenvalue weighted by Gasteiger charge is 2.10. The number of carbonyl (C=O) groups is 1. The molecule has 0 atom stereocenters. The molecule has 0 spiro atoms. The van der Waals surface area contributed by atoms with E-state index in [0.29, 0.717) is 0 Å². The van der Waals surface area contributed by atoms with Gasteiger partial charge in [-0.15, -0.1) is 0 Å². The lowest BCUT2D eigenvalue weighted by Gasteiger charge is -2.04. The quantitative estimate of drug-likeness (QED) is 0.706. The molecule has 0 aliphatic heterocycles. The number of hydrogen-bond donors (Lipinski definition) is 2. The third-order valence-corrected chi connectivity index (χ3v) is 2.77. The number of amides is 1. The van der Waals surface area contributed by atoms with Crippen molar-refractivity contribution in [3.05, 3.63) is 29.8 Å². The summed E-state index contributed by atoms with van der Waals surface area (Å²) in [6, 6.07) is 1.24. The molecule has 0 bridgehead atoms. The first-order valence-corrected chi connectivity index (χ1v) is 6.50. The number of hydrogen-bond acceptors (Lipinski definition) is 4. The van der Waals surface area contributed by atoms with Crippen LogP contribution >= 0.6 is 0 Å². The summed E-state index contributed by atoms with van der Waals surface area (Å²) >= 11 is 0. The fraction of sp³-hybridized carbons (Fsp3) is 0.333. The second kappa shape index (κ2) is 5.69. The maximum absolute atomic E-state index is 13.1. The van der Waals surface area contributed by atoms with Gasteiger partial charge in [0.25, 0.3) is 5.91 Å². The van der Waals surface area contributed by atoms with Crippen LogP contribution in [0.15, 0.2) is 18.5 Å². The zero-order valence-electron chi connectivity index (χ0n) is 8.89. The van der Waals surface area contributed by atoms with Crippen LogP contribution in [0.25, 0.3) is 0 Å². The smallest absolute Gasteiger partial charge is 0.254 e. The van der Waals surface area contributed by atoms with E-state index in [1.54, 1.807) is 0 Å². The second-order valence-corrected chi connectivity index (χ2v) is 5.07. The predicted molar refractivity (Wildman–Crippen MR) is 59.1 cm³/mol. The molecular weight excluding hydrogens is 249 g/mol. The van der Waals surface area contributed by atoms with Gasteiger partial charge < -0.3 is 5.32 Å². The molecule has 1 rings (SSSR count). The highest BCUT2D eigenvalue weighted by molar-refractivity contribution is 7.89. The molecule has 3 N–H and O–H groups in total. The summed E-state index contributed by atoms with van der Waals surface area (Å²) in [5.41, 5.74) is -0.129. The lowest BCUT2D eigenvalue weighted by Crippen LogP contribution is -2.28. The first kappa shape index (κ1) is 13.5. The molecule has 17 heavy (non-hydrogen) atoms. The van der Waals surface area contributed by atoms with Crippen LogP contribution in [0.2, 0.25) is 0 Å². The number of aromatic nitrogens is 1. The van der Waals surface area contributed by atoms with E-state index < -0.39 is 21.7 Å². The molecule has 0 fully saturated rings. The minimum atomic E-state index is -3.53. The van der Waals surface area contributed by atoms with Gasteiger partial charge in [-0.2, -0.15) is 0 Å². The van der Waals surface area contributed by atoms with Crippen LogP contribution in [-0.4, -0.2) is 31.6 Å². The first-order valence-electron chi connectivity index (χ1n) is 4.78. The molecule has 1 amide bonds. The van der Waals surface area contributed by atoms with Crippen molar-refractivity contribution in [1.29, 1.82) is 0 Å². The highest BCUT2D eigenvalue weighted by Crippen LogP contribution is 2.03. The van der Waals surface area contributed by atoms with Crippen LogP contribution in [0.4, 0.5) is 4.39 Å². The summed E-state index contributed by atoms with van der Waals surface area (Å²) < 4.78 is 34.3. The van der Waals surface area contributed by atoms with E-state index in [-0.39, 0.29) is 24.3 Å². The van der Waals surface area contributed by atoms with Gasteiger partial charge in [0.2, 0.25) is 10.0 Å². The number of pyridine rings is 1. The lowest BCUT2D eigenvalue weighted by atomic mass is 10.2. The number of halogens is 1. The van der Waals surface area contributed by atoms with E-state index in [9.17, 15) is 17.6 Å². The van der Waals surface area contributed by atoms with Crippen LogP contribution in [-0.2, 0) is 10.0 Å². The number of nitrogens with two attached hydrogens (primary N) is 1. The zero-order valence-corrected chi connectivity index (χ0v) is 9.71. The Morgan fingerprint density at radius 3 is 2.82 bits per heavy atom. The molecule has 1 aromatic heterocycles. The fourth-order valence-electron chi connectivity index (χ4n) is 1.13. The Hall–Kier alpha value is -1.54. The van der Waals surface area contributed by atoms with Gasteiger partial charge >= 0.3 is 0 Å². The van der Waals surface area contributed by atoms with Gasteiger partial charge in [0.05, 0.1) is 17.5 Å². The third-order valence-electron chi connectivity index (χ3n) is 1.91. The van der Waals surface area contributed by atoms with Crippen molar-refractivity contribution in [2.45, 2.75) is 6.42 Å². The Balaban J connectivity index is 2.44. The van der Waals surface area contributed by atoms with Crippen molar-refractivity contribution in [3.63, 3.8) is 0 Å². The van der Waals surface area contributed by atoms with Crippen molar-refractivity contribution < 1.29 is 17.6 Å². The molecule has 6 nitrogen and oxygen atoms in total. The van der Waals surface area contributed by atoms with Crippen LogP contribution in [0.1, 0.15) is 16.8 Å². The summed E-state index contributed by atoms with van der Waals surface area (Å²) in [5, 5.41) is 7.16. The number of sulfonamides is 1. The van der Waals surface area contributed by atoms with E-state index in [1.165, 1.54) is 12.3 Å². The number of nitrogens with one attached hydrogen (secondary N) is 1. The normalized spacial score (nSPS) is 11.2. The van der Waals surface area contributed by atoms with Crippen molar-refractivity contribution in [2.24, 2.45) is 5.14 Å². The van der Waals surface area contributed by atoms with E-state index in [1.807, 2.05) is 0 Å². The molecule has 0 aromatic carbocycles. The molecule has 8 heteroatoms. The van der Waals surface area contributed by atoms with Gasteiger partial charge in [-0.25, -0.2) is 17.9 Å². The average Bonchev–Trinajstić information content (AvgIpc) is 2.23. The monoisotopic (exact) mass is 261 g/mol. The molecule has 0 radical (unpaired) electrons. The van der Waals surface area contributed by atoms with Crippen LogP contribution < -0.4 is 10.5 Å². The Bertz CT molecular complexity index is 504. The molecule has 1 heterocycles. The van der Waals surface area contributed by atoms with E-state index >= 15 is 0 Å². The number of primary sulfonamides is 1. The maximum Gasteiger partial charge on any atom is 0.254 e. The zero-order chi connectivity index (χ0) is 12.9. The first-order chi connectivity index (χ1) is 7.90. The summed E-state index contributed by atoms with van der Waals surface area (Å²) in [4.78, 5) is 14.9. The van der Waals surface area contributed by atoms with Gasteiger partial charge in [0.1, 0.15) is 0 Å². The predicted octanol–water partition coefficient (Wildman–Crippen LogP) is -0.371. The fourth-order valence-corrected chi connectivity index (χ4v) is 1.68. The summed E-state index contributed by atoms with van der Waals surface area (Å²) in [6.07, 6.45) is 2.40. The Kier molecular flexibility index (Phi) is 4.53. The Morgan fingerprint density at radius 1 is 1.53 bits per heavy atom. The molecule has 0 saturated heterocycles. The van der Waals surface area contributed by atoms with Gasteiger partial charge in [0.15, 0.2) is 5.82 Å². The minimum absolute atomic E-state index is 0.108. The molecule has 0 aliphatic rings. The van der Waals surface area contributed by atoms with Gasteiger partial charge in [0, 0.05) is 12.7 Å². The van der Waals surface area contributed by atoms with Crippen LogP contribution in [0.3, 0.4) is 0 Å². The van der Waals surface area contributed by atoms with Crippen molar-refractivity contribution in [1.82, 2.24) is 10.3 Å². The number of rotatable bonds is 5. The SMILES string of the molecule is NS(=O)(=O)CCCNC(=O)c1ccncc1F. The third kappa shape index (κ3) is 4.87. The molecule has 1 aromatic rings. The largest absolute Gasteiger partial charge is 0.352 e. The molecule has 0 aliphatic carbocycles. The highest BCUT2D eigenvalue weighted by atomic mass is 32.2. The lowest BCUT2D eigenvalue weighted by molar-refractivity contribution is 0.0949. The van der Waals surface area contributed by atoms with E-state index in [2.05, 4.69) is 10.3 Å². The Labute approximate surface area is 98.1 Å². The number of carbonyl (C=O) groups excluding carboxylic acids is 1. The minimum Gasteiger partial charge on any atom is -0.352 e. The topological polar surface area (TPSA) is 102 Å². The Morgan fingerprint density at radius 2 is 2.24 bits per heavy atom. The van der Waals surface area contributed by atoms with E-state index in [4.69, 9.17) is 5.14 Å². The maximum atomic E-state index is 13.1. The van der Waals surface area contributed by atoms with Crippen LogP contribution in [0.5, 0.6) is 0 Å². The second-order valence-electron chi connectivity index (χ2n) is 3.33. The van der Waals surface area contributed by atoms with Crippen molar-refractivity contribution in [3.8, 4) is 0 Å². The number of nitrogens with zero attached hydrogens (tertiary/aromatic N) is 1. The molecule has 0 unspecified atom stereocenters. The van der Waals surface area contributed by atoms with Gasteiger partial charge in [-0.05, 0) is 12.5 Å². The van der Waals surface area contributed by atoms with Crippen LogP contribution in [0, 0.1) is 5.82 Å². The average molecular weight is 261 g/mol. The summed E-state index contributed by atoms with van der Waals surface area (Å²) in [7, 11) is -3.53. The standard InChI is InChI=1S/C9H12FN3O3S/c10-8-6-12-4-2-7(8)9(14)13-3-1-5-17(11,15)16/h2,4,6H,1,3,5H2,(H,13,14)(H2,11,15,16). The molecule has 94 valence electrons. The van der Waals surface area contributed by atoms with Gasteiger partial charge in [-0.1, -0.05) is 0 Å². The molecule has 0 saturated carbocycles. The van der Waals surface area contributed by atoms with E-state index in [0.717, 1.165) is 6.20 Å².